The van der Waals surface area contributed by atoms with Crippen molar-refractivity contribution in [2.45, 2.75) is 13.1 Å². The molecule has 0 saturated heterocycles. The second kappa shape index (κ2) is 9.91. The number of oxazole rings is 1. The lowest BCUT2D eigenvalue weighted by molar-refractivity contribution is -0.120. The van der Waals surface area contributed by atoms with E-state index in [4.69, 9.17) is 4.42 Å². The summed E-state index contributed by atoms with van der Waals surface area (Å²) in [4.78, 5) is 20.6. The van der Waals surface area contributed by atoms with Gasteiger partial charge in [-0.1, -0.05) is 48.5 Å². The first-order valence-corrected chi connectivity index (χ1v) is 8.99. The zero-order valence-electron chi connectivity index (χ0n) is 15.7. The van der Waals surface area contributed by atoms with Gasteiger partial charge in [-0.3, -0.25) is 9.79 Å². The lowest BCUT2D eigenvalue weighted by atomic mass is 10.2. The predicted molar refractivity (Wildman–Crippen MR) is 108 cm³/mol. The van der Waals surface area contributed by atoms with Crippen molar-refractivity contribution in [3.05, 3.63) is 78.2 Å². The van der Waals surface area contributed by atoms with Gasteiger partial charge in [-0.15, -0.1) is 0 Å². The monoisotopic (exact) mass is 377 g/mol. The number of carbonyl (C=O) groups excluding carboxylic acids is 1. The Kier molecular flexibility index (Phi) is 6.78. The lowest BCUT2D eigenvalue weighted by Gasteiger charge is -2.11. The van der Waals surface area contributed by atoms with E-state index in [1.165, 1.54) is 0 Å². The van der Waals surface area contributed by atoms with Crippen LogP contribution in [0.15, 0.2) is 76.3 Å². The van der Waals surface area contributed by atoms with Crippen molar-refractivity contribution >= 4 is 11.9 Å². The number of carbonyl (C=O) groups is 1. The second-order valence-corrected chi connectivity index (χ2v) is 6.05. The molecule has 0 bridgehead atoms. The van der Waals surface area contributed by atoms with Crippen molar-refractivity contribution in [2.24, 2.45) is 4.99 Å². The van der Waals surface area contributed by atoms with E-state index in [0.717, 1.165) is 16.8 Å². The first-order chi connectivity index (χ1) is 13.7. The summed E-state index contributed by atoms with van der Waals surface area (Å²) in [5, 5.41) is 8.96. The Morgan fingerprint density at radius 2 is 1.68 bits per heavy atom. The smallest absolute Gasteiger partial charge is 0.239 e. The van der Waals surface area contributed by atoms with Crippen LogP contribution < -0.4 is 16.0 Å². The van der Waals surface area contributed by atoms with Gasteiger partial charge in [-0.25, -0.2) is 4.98 Å². The van der Waals surface area contributed by atoms with Gasteiger partial charge in [-0.05, 0) is 17.7 Å². The van der Waals surface area contributed by atoms with Crippen molar-refractivity contribution in [2.75, 3.05) is 13.6 Å². The van der Waals surface area contributed by atoms with Crippen LogP contribution in [0.4, 0.5) is 0 Å². The number of nitrogens with zero attached hydrogens (tertiary/aromatic N) is 2. The minimum atomic E-state index is -0.111. The van der Waals surface area contributed by atoms with E-state index in [9.17, 15) is 4.79 Å². The van der Waals surface area contributed by atoms with E-state index < -0.39 is 0 Å². The van der Waals surface area contributed by atoms with Gasteiger partial charge in [-0.2, -0.15) is 0 Å². The average Bonchev–Trinajstić information content (AvgIpc) is 3.23. The highest BCUT2D eigenvalue weighted by Crippen LogP contribution is 2.17. The van der Waals surface area contributed by atoms with Crippen LogP contribution in [0.5, 0.6) is 0 Å². The Bertz CT molecular complexity index is 907. The minimum Gasteiger partial charge on any atom is -0.444 e. The minimum absolute atomic E-state index is 0.111. The van der Waals surface area contributed by atoms with Crippen LogP contribution in [0.25, 0.3) is 11.5 Å². The molecule has 0 radical (unpaired) electrons. The SMILES string of the molecule is CN=C(NCC(=O)NCc1ccccc1)NCc1coc(-c2ccccc2)n1. The molecule has 0 aliphatic rings. The van der Waals surface area contributed by atoms with Gasteiger partial charge < -0.3 is 20.4 Å². The van der Waals surface area contributed by atoms with E-state index in [0.29, 0.717) is 24.9 Å². The normalized spacial score (nSPS) is 11.1. The van der Waals surface area contributed by atoms with Crippen LogP contribution in [-0.2, 0) is 17.9 Å². The summed E-state index contributed by atoms with van der Waals surface area (Å²) < 4.78 is 5.51. The summed E-state index contributed by atoms with van der Waals surface area (Å²) in [5.74, 6) is 0.972. The maximum atomic E-state index is 12.0. The predicted octanol–water partition coefficient (Wildman–Crippen LogP) is 2.32. The van der Waals surface area contributed by atoms with E-state index >= 15 is 0 Å². The van der Waals surface area contributed by atoms with Crippen molar-refractivity contribution in [3.8, 4) is 11.5 Å². The summed E-state index contributed by atoms with van der Waals surface area (Å²) in [7, 11) is 1.65. The number of rotatable bonds is 7. The van der Waals surface area contributed by atoms with Crippen LogP contribution in [0.3, 0.4) is 0 Å². The summed E-state index contributed by atoms with van der Waals surface area (Å²) in [6.45, 7) is 1.05. The maximum Gasteiger partial charge on any atom is 0.239 e. The van der Waals surface area contributed by atoms with Crippen molar-refractivity contribution in [3.63, 3.8) is 0 Å². The third-order valence-corrected chi connectivity index (χ3v) is 3.98. The Balaban J connectivity index is 1.42. The summed E-state index contributed by atoms with van der Waals surface area (Å²) >= 11 is 0. The van der Waals surface area contributed by atoms with Crippen molar-refractivity contribution in [1.29, 1.82) is 0 Å². The number of guanidine groups is 1. The summed E-state index contributed by atoms with van der Waals surface area (Å²) in [6.07, 6.45) is 1.61. The molecule has 7 nitrogen and oxygen atoms in total. The molecule has 0 atom stereocenters. The highest BCUT2D eigenvalue weighted by molar-refractivity contribution is 5.86. The van der Waals surface area contributed by atoms with Gasteiger partial charge in [0.15, 0.2) is 5.96 Å². The number of amides is 1. The number of nitrogens with one attached hydrogen (secondary N) is 3. The number of aliphatic imine (C=N–C) groups is 1. The largest absolute Gasteiger partial charge is 0.444 e. The topological polar surface area (TPSA) is 91.5 Å². The number of benzene rings is 2. The average molecular weight is 377 g/mol. The van der Waals surface area contributed by atoms with Gasteiger partial charge in [0.2, 0.25) is 11.8 Å². The molecular weight excluding hydrogens is 354 g/mol. The van der Waals surface area contributed by atoms with Crippen LogP contribution >= 0.6 is 0 Å². The number of aromatic nitrogens is 1. The highest BCUT2D eigenvalue weighted by atomic mass is 16.3. The van der Waals surface area contributed by atoms with Gasteiger partial charge in [0.05, 0.1) is 18.8 Å². The molecule has 28 heavy (non-hydrogen) atoms. The Labute approximate surface area is 163 Å². The molecule has 3 N–H and O–H groups in total. The zero-order valence-corrected chi connectivity index (χ0v) is 15.7. The third-order valence-electron chi connectivity index (χ3n) is 3.98. The molecule has 7 heteroatoms. The van der Waals surface area contributed by atoms with Crippen molar-refractivity contribution < 1.29 is 9.21 Å². The lowest BCUT2D eigenvalue weighted by Crippen LogP contribution is -2.42. The van der Waals surface area contributed by atoms with Crippen LogP contribution in [0.1, 0.15) is 11.3 Å². The Morgan fingerprint density at radius 3 is 2.39 bits per heavy atom. The molecule has 2 aromatic carbocycles. The van der Waals surface area contributed by atoms with Crippen molar-refractivity contribution in [1.82, 2.24) is 20.9 Å². The number of hydrogen-bond acceptors (Lipinski definition) is 4. The molecule has 3 aromatic rings. The number of hydrogen-bond donors (Lipinski definition) is 3. The molecule has 0 aliphatic heterocycles. The first kappa shape index (κ1) is 19.2. The molecule has 1 heterocycles. The molecule has 0 saturated carbocycles. The Morgan fingerprint density at radius 1 is 0.964 bits per heavy atom. The molecule has 0 spiro atoms. The molecular formula is C21H23N5O2. The molecule has 1 aromatic heterocycles. The third kappa shape index (κ3) is 5.70. The van der Waals surface area contributed by atoms with Crippen LogP contribution in [-0.4, -0.2) is 30.4 Å². The summed E-state index contributed by atoms with van der Waals surface area (Å²) in [6, 6.07) is 19.5. The van der Waals surface area contributed by atoms with Gasteiger partial charge in [0, 0.05) is 19.2 Å². The first-order valence-electron chi connectivity index (χ1n) is 8.99. The van der Waals surface area contributed by atoms with Crippen LogP contribution in [0.2, 0.25) is 0 Å². The maximum absolute atomic E-state index is 12.0. The molecule has 144 valence electrons. The quantitative estimate of drug-likeness (QED) is 0.434. The molecule has 0 unspecified atom stereocenters. The Hall–Kier alpha value is -3.61. The summed E-state index contributed by atoms with van der Waals surface area (Å²) in [5.41, 5.74) is 2.72. The standard InChI is InChI=1S/C21H23N5O2/c1-22-21(25-14-19(27)23-12-16-8-4-2-5-9-16)24-13-18-15-28-20(26-18)17-10-6-3-7-11-17/h2-11,15H,12-14H2,1H3,(H,23,27)(H2,22,24,25). The van der Waals surface area contributed by atoms with Gasteiger partial charge in [0.1, 0.15) is 6.26 Å². The van der Waals surface area contributed by atoms with E-state index in [-0.39, 0.29) is 12.5 Å². The molecule has 0 aliphatic carbocycles. The molecule has 3 rings (SSSR count). The van der Waals surface area contributed by atoms with E-state index in [1.54, 1.807) is 13.3 Å². The van der Waals surface area contributed by atoms with Gasteiger partial charge in [0.25, 0.3) is 0 Å². The zero-order chi connectivity index (χ0) is 19.6. The molecule has 0 fully saturated rings. The van der Waals surface area contributed by atoms with E-state index in [2.05, 4.69) is 25.9 Å². The fourth-order valence-electron chi connectivity index (χ4n) is 2.52. The van der Waals surface area contributed by atoms with Gasteiger partial charge >= 0.3 is 0 Å². The second-order valence-electron chi connectivity index (χ2n) is 6.05. The van der Waals surface area contributed by atoms with E-state index in [1.807, 2.05) is 60.7 Å². The fourth-order valence-corrected chi connectivity index (χ4v) is 2.52. The molecule has 1 amide bonds. The highest BCUT2D eigenvalue weighted by Gasteiger charge is 2.08. The fraction of sp³-hybridized carbons (Fsp3) is 0.190. The van der Waals surface area contributed by atoms with Crippen LogP contribution in [0, 0.1) is 0 Å².